The van der Waals surface area contributed by atoms with Crippen molar-refractivity contribution in [2.45, 2.75) is 388 Å². The fourth-order valence-electron chi connectivity index (χ4n) is 12.7. The molecule has 12 N–H and O–H groups in total. The Bertz CT molecular complexity index is 1870. The molecule has 544 valence electrons. The van der Waals surface area contributed by atoms with Gasteiger partial charge in [0.1, 0.15) is 73.2 Å². The van der Waals surface area contributed by atoms with Gasteiger partial charge in [-0.25, -0.2) is 0 Å². The third-order valence-corrected chi connectivity index (χ3v) is 18.7. The number of aliphatic hydroxyl groups excluding tert-OH is 11. The smallest absolute Gasteiger partial charge is 0.220 e. The highest BCUT2D eigenvalue weighted by molar-refractivity contribution is 5.76. The van der Waals surface area contributed by atoms with E-state index in [2.05, 4.69) is 67.8 Å². The molecule has 0 aromatic carbocycles. The number of carbonyl (C=O) groups is 1. The van der Waals surface area contributed by atoms with Crippen LogP contribution in [0, 0.1) is 0 Å². The van der Waals surface area contributed by atoms with Crippen molar-refractivity contribution in [2.24, 2.45) is 0 Å². The van der Waals surface area contributed by atoms with Gasteiger partial charge in [0.25, 0.3) is 0 Å². The standard InChI is InChI=1S/C74H135NO18/c1-3-5-7-9-11-13-15-17-19-21-23-24-25-26-27-28-29-30-31-32-34-35-37-39-41-43-45-47-49-51-58(79)57(75-62(80)52-50-48-46-44-42-40-38-36-33-22-20-18-16-14-12-10-8-6-4-2)56-88-72-68(86)65(83)70(60(54-77)90-72)93-74-69(87)66(84)71(61(55-78)91-74)92-73-67(85)64(82)63(81)59(53-76)89-73/h6,8,12,14,18,20,33,36,57-61,63-74,76-79,81-87H,3-5,7,9-11,13,15-17,19,21-32,34-35,37-56H2,1-2H3,(H,75,80)/b8-6-,14-12-,20-18-,36-33-. The topological polar surface area (TPSA) is 307 Å². The molecule has 3 aliphatic heterocycles. The van der Waals surface area contributed by atoms with Crippen LogP contribution in [0.1, 0.15) is 284 Å². The molecule has 0 aromatic rings. The molecule has 0 spiro atoms. The van der Waals surface area contributed by atoms with E-state index >= 15 is 0 Å². The lowest BCUT2D eigenvalue weighted by molar-refractivity contribution is -0.379. The SMILES string of the molecule is CC/C=C\C/C=C\C/C=C\C/C=C\CCCCCCCCC(=O)NC(COC1OC(CO)C(OC2OC(CO)C(OC3OC(CO)C(O)C(O)C3O)C(O)C2O)C(O)C1O)C(O)CCCCCCCCCCCCCCCCCCCCCCCCCCCCCCC. The fourth-order valence-corrected chi connectivity index (χ4v) is 12.7. The molecule has 1 amide bonds. The molecule has 3 heterocycles. The number of hydrogen-bond acceptors (Lipinski definition) is 18. The quantitative estimate of drug-likeness (QED) is 0.0199. The number of amides is 1. The first-order valence-electron chi connectivity index (χ1n) is 37.4. The van der Waals surface area contributed by atoms with Gasteiger partial charge in [0.15, 0.2) is 18.9 Å². The molecule has 19 heteroatoms. The van der Waals surface area contributed by atoms with E-state index in [4.69, 9.17) is 28.4 Å². The second-order valence-corrected chi connectivity index (χ2v) is 26.7. The van der Waals surface area contributed by atoms with Gasteiger partial charge in [0.05, 0.1) is 38.6 Å². The van der Waals surface area contributed by atoms with Crippen molar-refractivity contribution in [1.82, 2.24) is 5.32 Å². The number of carbonyl (C=O) groups excluding carboxylic acids is 1. The van der Waals surface area contributed by atoms with Crippen LogP contribution < -0.4 is 5.32 Å². The number of rotatable bonds is 58. The third-order valence-electron chi connectivity index (χ3n) is 18.7. The van der Waals surface area contributed by atoms with Gasteiger partial charge in [0.2, 0.25) is 5.91 Å². The largest absolute Gasteiger partial charge is 0.394 e. The van der Waals surface area contributed by atoms with Gasteiger partial charge in [-0.2, -0.15) is 0 Å². The summed E-state index contributed by atoms with van der Waals surface area (Å²) in [6, 6.07) is -0.898. The lowest BCUT2D eigenvalue weighted by atomic mass is 9.96. The summed E-state index contributed by atoms with van der Waals surface area (Å²) in [5, 5.41) is 121. The van der Waals surface area contributed by atoms with Crippen molar-refractivity contribution in [3.05, 3.63) is 48.6 Å². The average Bonchev–Trinajstić information content (AvgIpc) is 0.985. The summed E-state index contributed by atoms with van der Waals surface area (Å²) in [7, 11) is 0. The van der Waals surface area contributed by atoms with Crippen LogP contribution in [0.2, 0.25) is 0 Å². The predicted octanol–water partition coefficient (Wildman–Crippen LogP) is 10.9. The second kappa shape index (κ2) is 55.6. The Morgan fingerprint density at radius 3 is 1.16 bits per heavy atom. The summed E-state index contributed by atoms with van der Waals surface area (Å²) in [6.45, 7) is 1.70. The number of ether oxygens (including phenoxy) is 6. The first kappa shape index (κ1) is 85.0. The molecule has 0 aliphatic carbocycles. The molecule has 17 atom stereocenters. The molecule has 3 saturated heterocycles. The maximum Gasteiger partial charge on any atom is 0.220 e. The molecule has 17 unspecified atom stereocenters. The second-order valence-electron chi connectivity index (χ2n) is 26.7. The molecular formula is C74H135NO18. The minimum Gasteiger partial charge on any atom is -0.394 e. The summed E-state index contributed by atoms with van der Waals surface area (Å²) in [5.74, 6) is -0.255. The van der Waals surface area contributed by atoms with Crippen LogP contribution in [0.15, 0.2) is 48.6 Å². The van der Waals surface area contributed by atoms with Crippen LogP contribution >= 0.6 is 0 Å². The Balaban J connectivity index is 1.39. The predicted molar refractivity (Wildman–Crippen MR) is 365 cm³/mol. The molecule has 0 saturated carbocycles. The summed E-state index contributed by atoms with van der Waals surface area (Å²) in [6.07, 6.45) is 40.5. The maximum atomic E-state index is 13.4. The Morgan fingerprint density at radius 2 is 0.742 bits per heavy atom. The van der Waals surface area contributed by atoms with Gasteiger partial charge in [-0.1, -0.05) is 274 Å². The van der Waals surface area contributed by atoms with Crippen molar-refractivity contribution < 1.29 is 89.4 Å². The number of unbranched alkanes of at least 4 members (excludes halogenated alkanes) is 34. The molecule has 3 rings (SSSR count). The molecule has 3 fully saturated rings. The first-order valence-corrected chi connectivity index (χ1v) is 37.4. The number of nitrogens with one attached hydrogen (secondary N) is 1. The monoisotopic (exact) mass is 1330 g/mol. The molecule has 93 heavy (non-hydrogen) atoms. The highest BCUT2D eigenvalue weighted by Gasteiger charge is 2.53. The highest BCUT2D eigenvalue weighted by Crippen LogP contribution is 2.33. The number of aliphatic hydroxyl groups is 11. The number of allylic oxidation sites excluding steroid dienone is 8. The van der Waals surface area contributed by atoms with E-state index in [1.807, 2.05) is 0 Å². The van der Waals surface area contributed by atoms with E-state index in [0.717, 1.165) is 89.9 Å². The van der Waals surface area contributed by atoms with Crippen molar-refractivity contribution in [3.63, 3.8) is 0 Å². The van der Waals surface area contributed by atoms with Gasteiger partial charge in [-0.15, -0.1) is 0 Å². The van der Waals surface area contributed by atoms with Crippen LogP contribution in [0.5, 0.6) is 0 Å². The van der Waals surface area contributed by atoms with E-state index in [1.54, 1.807) is 0 Å². The van der Waals surface area contributed by atoms with Crippen LogP contribution in [-0.4, -0.2) is 193 Å². The minimum absolute atomic E-state index is 0.249. The van der Waals surface area contributed by atoms with E-state index < -0.39 is 124 Å². The van der Waals surface area contributed by atoms with Gasteiger partial charge in [0, 0.05) is 6.42 Å². The summed E-state index contributed by atoms with van der Waals surface area (Å²) in [4.78, 5) is 13.4. The van der Waals surface area contributed by atoms with Crippen molar-refractivity contribution in [1.29, 1.82) is 0 Å². The first-order chi connectivity index (χ1) is 45.3. The fraction of sp³-hybridized carbons (Fsp3) is 0.878. The highest BCUT2D eigenvalue weighted by atomic mass is 16.8. The Hall–Kier alpha value is -2.25. The zero-order valence-electron chi connectivity index (χ0n) is 57.7. The maximum absolute atomic E-state index is 13.4. The van der Waals surface area contributed by atoms with Gasteiger partial charge >= 0.3 is 0 Å². The minimum atomic E-state index is -1.98. The van der Waals surface area contributed by atoms with E-state index in [0.29, 0.717) is 12.8 Å². The van der Waals surface area contributed by atoms with Gasteiger partial charge in [-0.3, -0.25) is 4.79 Å². The van der Waals surface area contributed by atoms with E-state index in [-0.39, 0.29) is 18.9 Å². The van der Waals surface area contributed by atoms with Gasteiger partial charge in [-0.05, 0) is 51.4 Å². The Kier molecular flexibility index (Phi) is 50.8. The Morgan fingerprint density at radius 1 is 0.398 bits per heavy atom. The lowest BCUT2D eigenvalue weighted by Crippen LogP contribution is -2.66. The van der Waals surface area contributed by atoms with Crippen LogP contribution in [0.3, 0.4) is 0 Å². The molecule has 19 nitrogen and oxygen atoms in total. The van der Waals surface area contributed by atoms with Gasteiger partial charge < -0.3 is 89.9 Å². The third kappa shape index (κ3) is 37.0. The van der Waals surface area contributed by atoms with Crippen LogP contribution in [-0.2, 0) is 33.2 Å². The summed E-state index contributed by atoms with van der Waals surface area (Å²) in [5.41, 5.74) is 0. The van der Waals surface area contributed by atoms with Crippen molar-refractivity contribution in [3.8, 4) is 0 Å². The molecule has 0 aromatic heterocycles. The summed E-state index contributed by atoms with van der Waals surface area (Å²) >= 11 is 0. The summed E-state index contributed by atoms with van der Waals surface area (Å²) < 4.78 is 34.5. The van der Waals surface area contributed by atoms with Crippen LogP contribution in [0.4, 0.5) is 0 Å². The van der Waals surface area contributed by atoms with Crippen LogP contribution in [0.25, 0.3) is 0 Å². The number of hydrogen-bond donors (Lipinski definition) is 12. The zero-order valence-corrected chi connectivity index (χ0v) is 57.7. The van der Waals surface area contributed by atoms with E-state index in [9.17, 15) is 61.0 Å². The molecule has 3 aliphatic rings. The lowest BCUT2D eigenvalue weighted by Gasteiger charge is -2.48. The normalized spacial score (nSPS) is 27.8. The van der Waals surface area contributed by atoms with Crippen molar-refractivity contribution in [2.75, 3.05) is 26.4 Å². The van der Waals surface area contributed by atoms with Crippen molar-refractivity contribution >= 4 is 5.91 Å². The molecule has 0 bridgehead atoms. The molecule has 0 radical (unpaired) electrons. The molecular weight excluding hydrogens is 1190 g/mol. The zero-order chi connectivity index (χ0) is 67.5. The Labute approximate surface area is 561 Å². The van der Waals surface area contributed by atoms with E-state index in [1.165, 1.54) is 161 Å². The average molecular weight is 1330 g/mol.